The molecule has 1 aromatic carbocycles. The molecule has 0 atom stereocenters. The van der Waals surface area contributed by atoms with E-state index in [4.69, 9.17) is 0 Å². The minimum Gasteiger partial charge on any atom is -0.371 e. The van der Waals surface area contributed by atoms with E-state index in [9.17, 15) is 4.79 Å². The van der Waals surface area contributed by atoms with E-state index in [-0.39, 0.29) is 0 Å². The molecule has 1 aliphatic carbocycles. The van der Waals surface area contributed by atoms with Crippen LogP contribution >= 0.6 is 0 Å². The first-order valence-electron chi connectivity index (χ1n) is 5.01. The third kappa shape index (κ3) is 1.65. The second-order valence-corrected chi connectivity index (χ2v) is 4.02. The van der Waals surface area contributed by atoms with Crippen molar-refractivity contribution in [2.45, 2.75) is 25.8 Å². The molecule has 1 fully saturated rings. The highest BCUT2D eigenvalue weighted by molar-refractivity contribution is 5.85. The van der Waals surface area contributed by atoms with Crippen molar-refractivity contribution in [1.29, 1.82) is 0 Å². The van der Waals surface area contributed by atoms with Crippen LogP contribution in [0.15, 0.2) is 18.2 Å². The number of hydrogen-bond donors (Lipinski definition) is 0. The molecule has 0 heterocycles. The Hall–Kier alpha value is -1.31. The molecule has 2 heteroatoms. The van der Waals surface area contributed by atoms with Gasteiger partial charge in [-0.15, -0.1) is 0 Å². The molecule has 14 heavy (non-hydrogen) atoms. The topological polar surface area (TPSA) is 20.3 Å². The minimum absolute atomic E-state index is 0.649. The molecule has 1 aliphatic rings. The van der Waals surface area contributed by atoms with Crippen LogP contribution in [0.2, 0.25) is 0 Å². The molecule has 2 rings (SSSR count). The second-order valence-electron chi connectivity index (χ2n) is 4.02. The van der Waals surface area contributed by atoms with Crippen molar-refractivity contribution >= 4 is 12.0 Å². The van der Waals surface area contributed by atoms with Crippen molar-refractivity contribution in [3.05, 3.63) is 29.3 Å². The molecular formula is C12H15NO. The Morgan fingerprint density at radius 1 is 1.43 bits per heavy atom. The van der Waals surface area contributed by atoms with E-state index >= 15 is 0 Å². The van der Waals surface area contributed by atoms with Crippen molar-refractivity contribution in [2.75, 3.05) is 11.9 Å². The van der Waals surface area contributed by atoms with Crippen molar-refractivity contribution in [2.24, 2.45) is 0 Å². The van der Waals surface area contributed by atoms with Crippen LogP contribution in [0.3, 0.4) is 0 Å². The van der Waals surface area contributed by atoms with Crippen molar-refractivity contribution in [1.82, 2.24) is 0 Å². The largest absolute Gasteiger partial charge is 0.371 e. The predicted octanol–water partition coefficient (Wildman–Crippen LogP) is 2.41. The summed E-state index contributed by atoms with van der Waals surface area (Å²) in [6.45, 7) is 2.01. The average molecular weight is 189 g/mol. The van der Waals surface area contributed by atoms with Crippen LogP contribution in [0.5, 0.6) is 0 Å². The zero-order valence-electron chi connectivity index (χ0n) is 8.66. The van der Waals surface area contributed by atoms with Gasteiger partial charge >= 0.3 is 0 Å². The van der Waals surface area contributed by atoms with Crippen LogP contribution in [-0.4, -0.2) is 19.4 Å². The van der Waals surface area contributed by atoms with Gasteiger partial charge in [0.05, 0.1) is 0 Å². The molecule has 1 aromatic rings. The molecule has 0 unspecified atom stereocenters. The lowest BCUT2D eigenvalue weighted by Gasteiger charge is -2.20. The molecule has 0 N–H and O–H groups in total. The normalized spacial score (nSPS) is 15.3. The Morgan fingerprint density at radius 2 is 2.14 bits per heavy atom. The SMILES string of the molecule is Cc1ccc(N(C)C2CC2)c(C=O)c1. The van der Waals surface area contributed by atoms with Crippen molar-refractivity contribution in [3.63, 3.8) is 0 Å². The van der Waals surface area contributed by atoms with Gasteiger partial charge in [0.1, 0.15) is 0 Å². The quantitative estimate of drug-likeness (QED) is 0.680. The molecule has 0 amide bonds. The highest BCUT2D eigenvalue weighted by atomic mass is 16.1. The van der Waals surface area contributed by atoms with Crippen molar-refractivity contribution < 1.29 is 4.79 Å². The highest BCUT2D eigenvalue weighted by Gasteiger charge is 2.27. The molecule has 2 nitrogen and oxygen atoms in total. The van der Waals surface area contributed by atoms with E-state index in [0.29, 0.717) is 6.04 Å². The van der Waals surface area contributed by atoms with Gasteiger partial charge < -0.3 is 4.90 Å². The van der Waals surface area contributed by atoms with Gasteiger partial charge in [-0.25, -0.2) is 0 Å². The molecule has 0 aliphatic heterocycles. The summed E-state index contributed by atoms with van der Waals surface area (Å²) >= 11 is 0. The molecule has 0 radical (unpaired) electrons. The summed E-state index contributed by atoms with van der Waals surface area (Å²) in [5.74, 6) is 0. The number of aryl methyl sites for hydroxylation is 1. The number of carbonyl (C=O) groups is 1. The first-order valence-corrected chi connectivity index (χ1v) is 5.01. The summed E-state index contributed by atoms with van der Waals surface area (Å²) in [7, 11) is 2.06. The maximum absolute atomic E-state index is 10.9. The number of carbonyl (C=O) groups excluding carboxylic acids is 1. The Bertz CT molecular complexity index is 355. The van der Waals surface area contributed by atoms with Crippen LogP contribution in [0.25, 0.3) is 0 Å². The van der Waals surface area contributed by atoms with Crippen LogP contribution in [0.1, 0.15) is 28.8 Å². The van der Waals surface area contributed by atoms with Gasteiger partial charge in [-0.05, 0) is 31.9 Å². The summed E-state index contributed by atoms with van der Waals surface area (Å²) in [6, 6.07) is 6.69. The third-order valence-electron chi connectivity index (χ3n) is 2.78. The zero-order valence-corrected chi connectivity index (χ0v) is 8.66. The van der Waals surface area contributed by atoms with E-state index < -0.39 is 0 Å². The van der Waals surface area contributed by atoms with Crippen LogP contribution in [0, 0.1) is 6.92 Å². The fraction of sp³-hybridized carbons (Fsp3) is 0.417. The monoisotopic (exact) mass is 189 g/mol. The fourth-order valence-corrected chi connectivity index (χ4v) is 1.75. The lowest BCUT2D eigenvalue weighted by molar-refractivity contribution is 0.112. The summed E-state index contributed by atoms with van der Waals surface area (Å²) in [4.78, 5) is 13.1. The molecular weight excluding hydrogens is 174 g/mol. The second kappa shape index (κ2) is 3.45. The summed E-state index contributed by atoms with van der Waals surface area (Å²) in [6.07, 6.45) is 3.45. The maximum Gasteiger partial charge on any atom is 0.152 e. The number of nitrogens with zero attached hydrogens (tertiary/aromatic N) is 1. The van der Waals surface area contributed by atoms with E-state index in [2.05, 4.69) is 18.0 Å². The third-order valence-corrected chi connectivity index (χ3v) is 2.78. The smallest absolute Gasteiger partial charge is 0.152 e. The molecule has 0 spiro atoms. The van der Waals surface area contributed by atoms with Gasteiger partial charge in [0.15, 0.2) is 6.29 Å². The molecule has 1 saturated carbocycles. The highest BCUT2D eigenvalue weighted by Crippen LogP contribution is 2.31. The van der Waals surface area contributed by atoms with Crippen LogP contribution < -0.4 is 4.90 Å². The lowest BCUT2D eigenvalue weighted by Crippen LogP contribution is -2.20. The average Bonchev–Trinajstić information content (AvgIpc) is 3.00. The standard InChI is InChI=1S/C12H15NO/c1-9-3-6-12(10(7-9)8-14)13(2)11-4-5-11/h3,6-8,11H,4-5H2,1-2H3. The Balaban J connectivity index is 2.35. The van der Waals surface area contributed by atoms with Gasteiger partial charge in [0.2, 0.25) is 0 Å². The summed E-state index contributed by atoms with van der Waals surface area (Å²) < 4.78 is 0. The van der Waals surface area contributed by atoms with E-state index in [1.165, 1.54) is 12.8 Å². The zero-order chi connectivity index (χ0) is 10.1. The number of aldehydes is 1. The van der Waals surface area contributed by atoms with Gasteiger partial charge in [-0.2, -0.15) is 0 Å². The van der Waals surface area contributed by atoms with E-state index in [0.717, 1.165) is 23.1 Å². The van der Waals surface area contributed by atoms with Gasteiger partial charge in [-0.1, -0.05) is 11.6 Å². The van der Waals surface area contributed by atoms with E-state index in [1.807, 2.05) is 19.1 Å². The summed E-state index contributed by atoms with van der Waals surface area (Å²) in [5, 5.41) is 0. The van der Waals surface area contributed by atoms with Crippen LogP contribution in [-0.2, 0) is 0 Å². The molecule has 0 bridgehead atoms. The fourth-order valence-electron chi connectivity index (χ4n) is 1.75. The summed E-state index contributed by atoms with van der Waals surface area (Å²) in [5.41, 5.74) is 3.01. The number of hydrogen-bond acceptors (Lipinski definition) is 2. The number of anilines is 1. The van der Waals surface area contributed by atoms with Gasteiger partial charge in [0.25, 0.3) is 0 Å². The Labute approximate surface area is 84.5 Å². The van der Waals surface area contributed by atoms with Gasteiger partial charge in [-0.3, -0.25) is 4.79 Å². The molecule has 0 saturated heterocycles. The first-order chi connectivity index (χ1) is 6.72. The molecule has 0 aromatic heterocycles. The predicted molar refractivity (Wildman–Crippen MR) is 58.0 cm³/mol. The maximum atomic E-state index is 10.9. The number of benzene rings is 1. The van der Waals surface area contributed by atoms with Gasteiger partial charge in [0, 0.05) is 24.3 Å². The Morgan fingerprint density at radius 3 is 2.71 bits per heavy atom. The minimum atomic E-state index is 0.649. The van der Waals surface area contributed by atoms with Crippen LogP contribution in [0.4, 0.5) is 5.69 Å². The lowest BCUT2D eigenvalue weighted by atomic mass is 10.1. The first kappa shape index (κ1) is 9.25. The van der Waals surface area contributed by atoms with Crippen molar-refractivity contribution in [3.8, 4) is 0 Å². The Kier molecular flexibility index (Phi) is 2.28. The molecule has 74 valence electrons. The number of rotatable bonds is 3. The van der Waals surface area contributed by atoms with E-state index in [1.54, 1.807) is 0 Å².